The molecular formula is C20H16Br2O3. The highest BCUT2D eigenvalue weighted by Crippen LogP contribution is 2.32. The maximum absolute atomic E-state index is 12.5. The molecule has 0 N–H and O–H groups in total. The van der Waals surface area contributed by atoms with Crippen LogP contribution in [-0.2, 0) is 0 Å². The van der Waals surface area contributed by atoms with Gasteiger partial charge in [0.1, 0.15) is 11.5 Å². The van der Waals surface area contributed by atoms with Gasteiger partial charge in [-0.15, -0.1) is 0 Å². The molecule has 3 aromatic carbocycles. The normalized spacial score (nSPS) is 10.7. The molecule has 128 valence electrons. The number of halogens is 2. The van der Waals surface area contributed by atoms with Crippen LogP contribution in [0.15, 0.2) is 63.5 Å². The van der Waals surface area contributed by atoms with Crippen molar-refractivity contribution in [2.45, 2.75) is 13.3 Å². The molecule has 3 rings (SSSR count). The fraction of sp³-hybridized carbons (Fsp3) is 0.150. The van der Waals surface area contributed by atoms with Crippen LogP contribution in [0.3, 0.4) is 0 Å². The molecule has 0 radical (unpaired) electrons. The zero-order chi connectivity index (χ0) is 17.8. The van der Waals surface area contributed by atoms with Crippen molar-refractivity contribution < 1.29 is 14.3 Å². The second-order valence-electron chi connectivity index (χ2n) is 5.47. The standard InChI is InChI=1S/C20H16Br2O3/c1-2-11-24-19-9-7-13(12-17(19)22)20(23)25-18-10-8-16(21)14-5-3-4-6-15(14)18/h3-10,12H,2,11H2,1H3. The van der Waals surface area contributed by atoms with Gasteiger partial charge in [-0.3, -0.25) is 0 Å². The van der Waals surface area contributed by atoms with Gasteiger partial charge in [0.15, 0.2) is 0 Å². The summed E-state index contributed by atoms with van der Waals surface area (Å²) in [7, 11) is 0. The Bertz CT molecular complexity index is 922. The van der Waals surface area contributed by atoms with Crippen LogP contribution >= 0.6 is 31.9 Å². The Morgan fingerprint density at radius 2 is 1.64 bits per heavy atom. The maximum atomic E-state index is 12.5. The van der Waals surface area contributed by atoms with Crippen molar-refractivity contribution in [2.24, 2.45) is 0 Å². The van der Waals surface area contributed by atoms with Crippen LogP contribution in [0, 0.1) is 0 Å². The van der Waals surface area contributed by atoms with Crippen LogP contribution in [0.25, 0.3) is 10.8 Å². The first-order valence-electron chi connectivity index (χ1n) is 7.92. The number of esters is 1. The second-order valence-corrected chi connectivity index (χ2v) is 7.18. The first-order valence-corrected chi connectivity index (χ1v) is 9.50. The van der Waals surface area contributed by atoms with Crippen molar-refractivity contribution in [1.82, 2.24) is 0 Å². The molecule has 25 heavy (non-hydrogen) atoms. The van der Waals surface area contributed by atoms with Crippen molar-refractivity contribution in [1.29, 1.82) is 0 Å². The van der Waals surface area contributed by atoms with E-state index in [2.05, 4.69) is 31.9 Å². The molecule has 0 aliphatic heterocycles. The van der Waals surface area contributed by atoms with Gasteiger partial charge in [0, 0.05) is 9.86 Å². The largest absolute Gasteiger partial charge is 0.492 e. The average Bonchev–Trinajstić information content (AvgIpc) is 2.63. The van der Waals surface area contributed by atoms with E-state index >= 15 is 0 Å². The molecule has 0 saturated heterocycles. The van der Waals surface area contributed by atoms with Crippen molar-refractivity contribution in [3.8, 4) is 11.5 Å². The van der Waals surface area contributed by atoms with Crippen molar-refractivity contribution in [2.75, 3.05) is 6.61 Å². The first kappa shape index (κ1) is 18.0. The number of rotatable bonds is 5. The Hall–Kier alpha value is -1.85. The predicted molar refractivity (Wildman–Crippen MR) is 107 cm³/mol. The third-order valence-corrected chi connectivity index (χ3v) is 4.97. The summed E-state index contributed by atoms with van der Waals surface area (Å²) in [6, 6.07) is 16.6. The minimum atomic E-state index is -0.407. The Morgan fingerprint density at radius 1 is 0.920 bits per heavy atom. The summed E-state index contributed by atoms with van der Waals surface area (Å²) < 4.78 is 12.9. The zero-order valence-corrected chi connectivity index (χ0v) is 16.8. The highest BCUT2D eigenvalue weighted by atomic mass is 79.9. The number of hydrogen-bond donors (Lipinski definition) is 0. The molecule has 5 heteroatoms. The molecule has 0 unspecified atom stereocenters. The van der Waals surface area contributed by atoms with E-state index < -0.39 is 5.97 Å². The van der Waals surface area contributed by atoms with Crippen molar-refractivity contribution in [3.05, 3.63) is 69.1 Å². The fourth-order valence-corrected chi connectivity index (χ4v) is 3.41. The van der Waals surface area contributed by atoms with Crippen LogP contribution in [0.4, 0.5) is 0 Å². The lowest BCUT2D eigenvalue weighted by Gasteiger charge is -2.11. The SMILES string of the molecule is CCCOc1ccc(C(=O)Oc2ccc(Br)c3ccccc23)cc1Br. The maximum Gasteiger partial charge on any atom is 0.343 e. The van der Waals surface area contributed by atoms with E-state index in [0.717, 1.165) is 26.1 Å². The molecule has 0 amide bonds. The number of fused-ring (bicyclic) bond motifs is 1. The molecule has 0 bridgehead atoms. The predicted octanol–water partition coefficient (Wildman–Crippen LogP) is 6.37. The molecule has 0 fully saturated rings. The zero-order valence-electron chi connectivity index (χ0n) is 13.6. The number of carbonyl (C=O) groups excluding carboxylic acids is 1. The van der Waals surface area contributed by atoms with E-state index in [4.69, 9.17) is 9.47 Å². The first-order chi connectivity index (χ1) is 12.1. The summed E-state index contributed by atoms with van der Waals surface area (Å²) in [5, 5.41) is 1.88. The van der Waals surface area contributed by atoms with Gasteiger partial charge in [0.25, 0.3) is 0 Å². The molecule has 0 heterocycles. The highest BCUT2D eigenvalue weighted by Gasteiger charge is 2.14. The number of carbonyl (C=O) groups is 1. The second kappa shape index (κ2) is 8.02. The summed E-state index contributed by atoms with van der Waals surface area (Å²) in [6.07, 6.45) is 0.923. The van der Waals surface area contributed by atoms with Gasteiger partial charge in [0.05, 0.1) is 16.6 Å². The molecule has 3 aromatic rings. The Labute approximate surface area is 163 Å². The van der Waals surface area contributed by atoms with Gasteiger partial charge in [-0.2, -0.15) is 0 Å². The summed E-state index contributed by atoms with van der Waals surface area (Å²) >= 11 is 6.96. The van der Waals surface area contributed by atoms with Crippen molar-refractivity contribution >= 4 is 48.6 Å². The van der Waals surface area contributed by atoms with Crippen LogP contribution in [0.2, 0.25) is 0 Å². The van der Waals surface area contributed by atoms with Gasteiger partial charge >= 0.3 is 5.97 Å². The molecule has 3 nitrogen and oxygen atoms in total. The molecule has 0 atom stereocenters. The lowest BCUT2D eigenvalue weighted by atomic mass is 10.1. The molecule has 0 aliphatic carbocycles. The van der Waals surface area contributed by atoms with Crippen LogP contribution in [0.5, 0.6) is 11.5 Å². The minimum absolute atomic E-state index is 0.407. The Kier molecular flexibility index (Phi) is 5.76. The molecular weight excluding hydrogens is 448 g/mol. The van der Waals surface area contributed by atoms with Crippen LogP contribution < -0.4 is 9.47 Å². The number of benzene rings is 3. The smallest absolute Gasteiger partial charge is 0.343 e. The Morgan fingerprint density at radius 3 is 2.36 bits per heavy atom. The lowest BCUT2D eigenvalue weighted by Crippen LogP contribution is -2.09. The Balaban J connectivity index is 1.86. The summed E-state index contributed by atoms with van der Waals surface area (Å²) in [5.74, 6) is 0.842. The van der Waals surface area contributed by atoms with E-state index in [-0.39, 0.29) is 0 Å². The molecule has 0 aromatic heterocycles. The summed E-state index contributed by atoms with van der Waals surface area (Å²) in [5.41, 5.74) is 0.461. The monoisotopic (exact) mass is 462 g/mol. The van der Waals surface area contributed by atoms with E-state index in [0.29, 0.717) is 23.7 Å². The van der Waals surface area contributed by atoms with Gasteiger partial charge in [-0.05, 0) is 58.1 Å². The van der Waals surface area contributed by atoms with Gasteiger partial charge in [-0.25, -0.2) is 4.79 Å². The average molecular weight is 464 g/mol. The summed E-state index contributed by atoms with van der Waals surface area (Å²) in [6.45, 7) is 2.68. The van der Waals surface area contributed by atoms with Crippen LogP contribution in [-0.4, -0.2) is 12.6 Å². The fourth-order valence-electron chi connectivity index (χ4n) is 2.44. The van der Waals surface area contributed by atoms with E-state index in [1.165, 1.54) is 0 Å². The van der Waals surface area contributed by atoms with Gasteiger partial charge in [0.2, 0.25) is 0 Å². The highest BCUT2D eigenvalue weighted by molar-refractivity contribution is 9.11. The molecule has 0 saturated carbocycles. The third-order valence-electron chi connectivity index (χ3n) is 3.66. The minimum Gasteiger partial charge on any atom is -0.492 e. The van der Waals surface area contributed by atoms with Crippen LogP contribution in [0.1, 0.15) is 23.7 Å². The number of ether oxygens (including phenoxy) is 2. The third kappa shape index (κ3) is 4.05. The van der Waals surface area contributed by atoms with E-state index in [1.807, 2.05) is 37.3 Å². The van der Waals surface area contributed by atoms with Gasteiger partial charge < -0.3 is 9.47 Å². The van der Waals surface area contributed by atoms with Gasteiger partial charge in [-0.1, -0.05) is 47.1 Å². The summed E-state index contributed by atoms with van der Waals surface area (Å²) in [4.78, 5) is 12.5. The number of hydrogen-bond acceptors (Lipinski definition) is 3. The van der Waals surface area contributed by atoms with Crippen molar-refractivity contribution in [3.63, 3.8) is 0 Å². The molecule has 0 aliphatic rings. The van der Waals surface area contributed by atoms with E-state index in [9.17, 15) is 4.79 Å². The topological polar surface area (TPSA) is 35.5 Å². The van der Waals surface area contributed by atoms with E-state index in [1.54, 1.807) is 24.3 Å². The molecule has 0 spiro atoms. The quantitative estimate of drug-likeness (QED) is 0.325. The lowest BCUT2D eigenvalue weighted by molar-refractivity contribution is 0.0737.